The molecule has 180 valence electrons. The maximum absolute atomic E-state index is 6.26. The number of anilines is 2. The molecule has 0 bridgehead atoms. The molecule has 35 heavy (non-hydrogen) atoms. The molecule has 1 aliphatic heterocycles. The number of imidazole rings is 1. The van der Waals surface area contributed by atoms with Crippen molar-refractivity contribution < 1.29 is 0 Å². The molecule has 0 atom stereocenters. The first-order valence-corrected chi connectivity index (χ1v) is 13.1. The normalized spacial score (nSPS) is 17.0. The van der Waals surface area contributed by atoms with Crippen molar-refractivity contribution in [2.45, 2.75) is 38.6 Å². The van der Waals surface area contributed by atoms with Crippen molar-refractivity contribution in [2.24, 2.45) is 0 Å². The third-order valence-electron chi connectivity index (χ3n) is 7.30. The Balaban J connectivity index is 1.34. The van der Waals surface area contributed by atoms with Gasteiger partial charge in [0.2, 0.25) is 0 Å². The number of nitrogens with zero attached hydrogens (tertiary/aromatic N) is 6. The lowest BCUT2D eigenvalue weighted by Crippen LogP contribution is -2.47. The number of hydrogen-bond donors (Lipinski definition) is 0. The van der Waals surface area contributed by atoms with Gasteiger partial charge in [0.05, 0.1) is 10.0 Å². The van der Waals surface area contributed by atoms with Crippen molar-refractivity contribution in [3.63, 3.8) is 0 Å². The predicted octanol–water partition coefficient (Wildman–Crippen LogP) is 6.55. The van der Waals surface area contributed by atoms with Crippen LogP contribution in [0.3, 0.4) is 0 Å². The van der Waals surface area contributed by atoms with Crippen LogP contribution >= 0.6 is 23.2 Å². The van der Waals surface area contributed by atoms with Gasteiger partial charge in [0.1, 0.15) is 12.2 Å². The van der Waals surface area contributed by atoms with E-state index >= 15 is 0 Å². The molecule has 2 aromatic heterocycles. The minimum absolute atomic E-state index is 0.436. The Hall–Kier alpha value is -2.83. The highest BCUT2D eigenvalue weighted by Gasteiger charge is 2.28. The van der Waals surface area contributed by atoms with Gasteiger partial charge < -0.3 is 14.4 Å². The largest absolute Gasteiger partial charge is 0.368 e. The van der Waals surface area contributed by atoms with Gasteiger partial charge in [-0.15, -0.1) is 0 Å². The summed E-state index contributed by atoms with van der Waals surface area (Å²) in [4.78, 5) is 19.3. The van der Waals surface area contributed by atoms with Gasteiger partial charge in [-0.25, -0.2) is 15.0 Å². The van der Waals surface area contributed by atoms with Gasteiger partial charge in [-0.3, -0.25) is 0 Å². The summed E-state index contributed by atoms with van der Waals surface area (Å²) < 4.78 is 2.38. The number of benzene rings is 2. The molecule has 1 saturated carbocycles. The molecule has 0 spiro atoms. The summed E-state index contributed by atoms with van der Waals surface area (Å²) in [6.45, 7) is 5.56. The third kappa shape index (κ3) is 4.23. The molecule has 1 aliphatic carbocycles. The van der Waals surface area contributed by atoms with E-state index in [4.69, 9.17) is 38.2 Å². The minimum Gasteiger partial charge on any atom is -0.368 e. The molecular weight excluding hydrogens is 479 g/mol. The molecule has 3 heterocycles. The van der Waals surface area contributed by atoms with Crippen LogP contribution in [0.4, 0.5) is 11.5 Å². The maximum Gasteiger partial charge on any atom is 0.166 e. The Labute approximate surface area is 215 Å². The van der Waals surface area contributed by atoms with E-state index in [9.17, 15) is 0 Å². The first kappa shape index (κ1) is 22.6. The summed E-state index contributed by atoms with van der Waals surface area (Å²) in [6, 6.07) is 14.9. The monoisotopic (exact) mass is 506 g/mol. The van der Waals surface area contributed by atoms with E-state index in [1.807, 2.05) is 18.2 Å². The van der Waals surface area contributed by atoms with Crippen LogP contribution < -0.4 is 9.80 Å². The van der Waals surface area contributed by atoms with Crippen LogP contribution in [0, 0.1) is 6.92 Å². The Morgan fingerprint density at radius 1 is 0.829 bits per heavy atom. The van der Waals surface area contributed by atoms with Gasteiger partial charge in [-0.1, -0.05) is 65.9 Å². The first-order chi connectivity index (χ1) is 17.1. The van der Waals surface area contributed by atoms with Crippen molar-refractivity contribution in [1.82, 2.24) is 19.5 Å². The van der Waals surface area contributed by atoms with Crippen LogP contribution in [-0.2, 0) is 0 Å². The number of fused-ring (bicyclic) bond motifs is 1. The van der Waals surface area contributed by atoms with E-state index in [1.165, 1.54) is 31.2 Å². The molecule has 2 aliphatic rings. The average molecular weight is 507 g/mol. The minimum atomic E-state index is 0.436. The van der Waals surface area contributed by atoms with Gasteiger partial charge in [0, 0.05) is 43.5 Å². The summed E-state index contributed by atoms with van der Waals surface area (Å²) in [6.07, 6.45) is 6.56. The van der Waals surface area contributed by atoms with E-state index in [2.05, 4.69) is 45.6 Å². The molecule has 2 fully saturated rings. The molecule has 4 aromatic rings. The number of piperazine rings is 1. The molecule has 0 amide bonds. The van der Waals surface area contributed by atoms with Crippen molar-refractivity contribution in [3.05, 3.63) is 64.4 Å². The Bertz CT molecular complexity index is 1350. The van der Waals surface area contributed by atoms with E-state index < -0.39 is 0 Å². The lowest BCUT2D eigenvalue weighted by Gasteiger charge is -2.36. The fourth-order valence-corrected chi connectivity index (χ4v) is 5.69. The Morgan fingerprint density at radius 2 is 1.54 bits per heavy atom. The fourth-order valence-electron chi connectivity index (χ4n) is 5.40. The molecule has 1 saturated heterocycles. The van der Waals surface area contributed by atoms with Crippen LogP contribution in [0.5, 0.6) is 0 Å². The lowest BCUT2D eigenvalue weighted by atomic mass is 10.1. The van der Waals surface area contributed by atoms with Gasteiger partial charge in [0.15, 0.2) is 17.0 Å². The Kier molecular flexibility index (Phi) is 6.02. The molecule has 0 N–H and O–H groups in total. The highest BCUT2D eigenvalue weighted by atomic mass is 35.5. The van der Waals surface area contributed by atoms with Gasteiger partial charge in [-0.2, -0.15) is 0 Å². The zero-order valence-electron chi connectivity index (χ0n) is 19.8. The number of aromatic nitrogens is 4. The molecular formula is C27H28Cl2N6. The number of aryl methyl sites for hydroxylation is 1. The lowest BCUT2D eigenvalue weighted by molar-refractivity contribution is 0.534. The zero-order valence-corrected chi connectivity index (χ0v) is 21.3. The maximum atomic E-state index is 6.26. The summed E-state index contributed by atoms with van der Waals surface area (Å²) in [7, 11) is 0. The van der Waals surface area contributed by atoms with Crippen LogP contribution in [0.2, 0.25) is 10.0 Å². The van der Waals surface area contributed by atoms with Crippen LogP contribution in [0.1, 0.15) is 37.3 Å². The second kappa shape index (κ2) is 9.32. The van der Waals surface area contributed by atoms with Crippen molar-refractivity contribution in [3.8, 4) is 11.4 Å². The van der Waals surface area contributed by atoms with Crippen molar-refractivity contribution >= 4 is 45.9 Å². The number of hydrogen-bond acceptors (Lipinski definition) is 5. The van der Waals surface area contributed by atoms with Crippen molar-refractivity contribution in [1.29, 1.82) is 0 Å². The SMILES string of the molecule is Cc1ccc(-c2nc3c(N4CCN(c5ccc(Cl)c(Cl)c5)CC4)ncnc3n2C2CCCC2)cc1. The smallest absolute Gasteiger partial charge is 0.166 e. The second-order valence-corrected chi connectivity index (χ2v) is 10.4. The van der Waals surface area contributed by atoms with Crippen LogP contribution in [0.15, 0.2) is 48.8 Å². The van der Waals surface area contributed by atoms with Gasteiger partial charge in [0.25, 0.3) is 0 Å². The van der Waals surface area contributed by atoms with Crippen LogP contribution in [-0.4, -0.2) is 45.7 Å². The summed E-state index contributed by atoms with van der Waals surface area (Å²) in [5, 5.41) is 1.17. The molecule has 8 heteroatoms. The summed E-state index contributed by atoms with van der Waals surface area (Å²) >= 11 is 12.4. The van der Waals surface area contributed by atoms with Gasteiger partial charge >= 0.3 is 0 Å². The summed E-state index contributed by atoms with van der Waals surface area (Å²) in [5.41, 5.74) is 5.33. The molecule has 6 rings (SSSR count). The Morgan fingerprint density at radius 3 is 2.26 bits per heavy atom. The van der Waals surface area contributed by atoms with E-state index in [0.29, 0.717) is 16.1 Å². The number of halogens is 2. The zero-order chi connectivity index (χ0) is 23.9. The second-order valence-electron chi connectivity index (χ2n) is 9.55. The topological polar surface area (TPSA) is 50.1 Å². The quantitative estimate of drug-likeness (QED) is 0.314. The molecule has 2 aromatic carbocycles. The molecule has 0 radical (unpaired) electrons. The third-order valence-corrected chi connectivity index (χ3v) is 8.04. The molecule has 6 nitrogen and oxygen atoms in total. The summed E-state index contributed by atoms with van der Waals surface area (Å²) in [5.74, 6) is 1.93. The van der Waals surface area contributed by atoms with Crippen LogP contribution in [0.25, 0.3) is 22.6 Å². The van der Waals surface area contributed by atoms with E-state index in [-0.39, 0.29) is 0 Å². The first-order valence-electron chi connectivity index (χ1n) is 12.3. The highest BCUT2D eigenvalue weighted by Crippen LogP contribution is 2.38. The molecule has 0 unspecified atom stereocenters. The predicted molar refractivity (Wildman–Crippen MR) is 144 cm³/mol. The highest BCUT2D eigenvalue weighted by molar-refractivity contribution is 6.42. The average Bonchev–Trinajstić information content (AvgIpc) is 3.54. The number of rotatable bonds is 4. The van der Waals surface area contributed by atoms with Gasteiger partial charge in [-0.05, 0) is 38.0 Å². The van der Waals surface area contributed by atoms with E-state index in [0.717, 1.165) is 60.2 Å². The fraction of sp³-hybridized carbons (Fsp3) is 0.370. The van der Waals surface area contributed by atoms with Crippen molar-refractivity contribution in [2.75, 3.05) is 36.0 Å². The standard InChI is InChI=1S/C27H28Cl2N6/c1-18-6-8-19(9-7-18)25-32-24-26(30-17-31-27(24)35(25)20-4-2-3-5-20)34-14-12-33(13-15-34)21-10-11-22(28)23(29)16-21/h6-11,16-17,20H,2-5,12-15H2,1H3. The van der Waals surface area contributed by atoms with E-state index in [1.54, 1.807) is 6.33 Å².